The highest BCUT2D eigenvalue weighted by Crippen LogP contribution is 2.27. The van der Waals surface area contributed by atoms with E-state index >= 15 is 0 Å². The van der Waals surface area contributed by atoms with Gasteiger partial charge in [0.2, 0.25) is 0 Å². The first kappa shape index (κ1) is 12.7. The van der Waals surface area contributed by atoms with E-state index in [-0.39, 0.29) is 6.04 Å². The maximum absolute atomic E-state index is 5.75. The van der Waals surface area contributed by atoms with E-state index in [1.165, 1.54) is 0 Å². The molecule has 1 atom stereocenters. The molecule has 20 heavy (non-hydrogen) atoms. The Morgan fingerprint density at radius 3 is 2.95 bits per heavy atom. The number of nitrogens with two attached hydrogens (primary N) is 1. The number of pyridine rings is 1. The third-order valence-corrected chi connectivity index (χ3v) is 3.36. The second-order valence-corrected chi connectivity index (χ2v) is 4.51. The number of benzene rings is 1. The zero-order chi connectivity index (χ0) is 13.9. The average Bonchev–Trinajstić information content (AvgIpc) is 2.93. The summed E-state index contributed by atoms with van der Waals surface area (Å²) in [5, 5.41) is 4.35. The highest BCUT2D eigenvalue weighted by atomic mass is 16.5. The number of nitrogens with one attached hydrogen (secondary N) is 1. The van der Waals surface area contributed by atoms with Crippen molar-refractivity contribution in [1.29, 1.82) is 0 Å². The van der Waals surface area contributed by atoms with Gasteiger partial charge in [0.05, 0.1) is 24.9 Å². The number of hydrogen-bond donors (Lipinski definition) is 2. The Bertz CT molecular complexity index is 722. The third kappa shape index (κ3) is 2.13. The fourth-order valence-corrected chi connectivity index (χ4v) is 2.36. The summed E-state index contributed by atoms with van der Waals surface area (Å²) in [6.07, 6.45) is 3.75. The SMILES string of the molecule is COc1cccc(C(NN)c2cnn3ccccc23)c1. The lowest BCUT2D eigenvalue weighted by Crippen LogP contribution is -2.28. The van der Waals surface area contributed by atoms with E-state index in [0.717, 1.165) is 22.4 Å². The molecule has 0 bridgehead atoms. The molecule has 0 saturated heterocycles. The van der Waals surface area contributed by atoms with E-state index in [2.05, 4.69) is 10.5 Å². The molecule has 1 unspecified atom stereocenters. The Hall–Kier alpha value is -2.37. The Labute approximate surface area is 116 Å². The summed E-state index contributed by atoms with van der Waals surface area (Å²) < 4.78 is 7.10. The number of rotatable bonds is 4. The summed E-state index contributed by atoms with van der Waals surface area (Å²) in [7, 11) is 1.65. The van der Waals surface area contributed by atoms with Gasteiger partial charge in [0, 0.05) is 11.8 Å². The van der Waals surface area contributed by atoms with Crippen LogP contribution in [-0.4, -0.2) is 16.7 Å². The number of methoxy groups -OCH3 is 1. The van der Waals surface area contributed by atoms with Crippen LogP contribution >= 0.6 is 0 Å². The van der Waals surface area contributed by atoms with Gasteiger partial charge in [-0.05, 0) is 29.8 Å². The number of nitrogens with zero attached hydrogens (tertiary/aromatic N) is 2. The van der Waals surface area contributed by atoms with E-state index in [1.807, 2.05) is 59.4 Å². The molecule has 0 aliphatic heterocycles. The van der Waals surface area contributed by atoms with Crippen molar-refractivity contribution in [3.05, 3.63) is 66.0 Å². The normalized spacial score (nSPS) is 12.5. The molecule has 0 radical (unpaired) electrons. The Balaban J connectivity index is 2.09. The van der Waals surface area contributed by atoms with Crippen molar-refractivity contribution in [3.63, 3.8) is 0 Å². The van der Waals surface area contributed by atoms with Crippen LogP contribution in [0.5, 0.6) is 5.75 Å². The molecule has 2 heterocycles. The zero-order valence-corrected chi connectivity index (χ0v) is 11.2. The fraction of sp³-hybridized carbons (Fsp3) is 0.133. The predicted octanol–water partition coefficient (Wildman–Crippen LogP) is 1.90. The minimum absolute atomic E-state index is 0.134. The first-order valence-corrected chi connectivity index (χ1v) is 6.36. The molecule has 0 fully saturated rings. The fourth-order valence-electron chi connectivity index (χ4n) is 2.36. The molecular formula is C15H16N4O. The second kappa shape index (κ2) is 5.32. The van der Waals surface area contributed by atoms with Gasteiger partial charge in [-0.15, -0.1) is 0 Å². The number of fused-ring (bicyclic) bond motifs is 1. The first-order chi connectivity index (χ1) is 9.83. The Morgan fingerprint density at radius 1 is 1.25 bits per heavy atom. The third-order valence-electron chi connectivity index (χ3n) is 3.36. The van der Waals surface area contributed by atoms with Crippen LogP contribution in [0.15, 0.2) is 54.9 Å². The molecule has 102 valence electrons. The number of aromatic nitrogens is 2. The minimum atomic E-state index is -0.134. The number of hydrogen-bond acceptors (Lipinski definition) is 4. The molecule has 3 N–H and O–H groups in total. The van der Waals surface area contributed by atoms with Gasteiger partial charge in [0.25, 0.3) is 0 Å². The smallest absolute Gasteiger partial charge is 0.119 e. The molecule has 0 saturated carbocycles. The van der Waals surface area contributed by atoms with Gasteiger partial charge in [-0.2, -0.15) is 5.10 Å². The molecule has 3 rings (SSSR count). The second-order valence-electron chi connectivity index (χ2n) is 4.51. The summed E-state index contributed by atoms with van der Waals surface area (Å²) >= 11 is 0. The van der Waals surface area contributed by atoms with Crippen LogP contribution in [0, 0.1) is 0 Å². The van der Waals surface area contributed by atoms with Crippen LogP contribution in [0.4, 0.5) is 0 Å². The Morgan fingerprint density at radius 2 is 2.15 bits per heavy atom. The maximum atomic E-state index is 5.75. The van der Waals surface area contributed by atoms with Crippen molar-refractivity contribution >= 4 is 5.52 Å². The lowest BCUT2D eigenvalue weighted by molar-refractivity contribution is 0.413. The minimum Gasteiger partial charge on any atom is -0.497 e. The van der Waals surface area contributed by atoms with Crippen LogP contribution in [0.3, 0.4) is 0 Å². The van der Waals surface area contributed by atoms with E-state index in [0.29, 0.717) is 0 Å². The van der Waals surface area contributed by atoms with Crippen LogP contribution in [0.1, 0.15) is 17.2 Å². The summed E-state index contributed by atoms with van der Waals surface area (Å²) in [6, 6.07) is 13.7. The van der Waals surface area contributed by atoms with Gasteiger partial charge in [-0.25, -0.2) is 9.94 Å². The van der Waals surface area contributed by atoms with Crippen molar-refractivity contribution in [2.75, 3.05) is 7.11 Å². The van der Waals surface area contributed by atoms with Crippen LogP contribution in [-0.2, 0) is 0 Å². The Kier molecular flexibility index (Phi) is 3.37. The van der Waals surface area contributed by atoms with Gasteiger partial charge < -0.3 is 4.74 Å². The van der Waals surface area contributed by atoms with E-state index < -0.39 is 0 Å². The van der Waals surface area contributed by atoms with Crippen LogP contribution in [0.25, 0.3) is 5.52 Å². The molecule has 5 heteroatoms. The summed E-state index contributed by atoms with van der Waals surface area (Å²) in [5.41, 5.74) is 5.94. The van der Waals surface area contributed by atoms with E-state index in [9.17, 15) is 0 Å². The first-order valence-electron chi connectivity index (χ1n) is 6.36. The molecule has 3 aromatic rings. The summed E-state index contributed by atoms with van der Waals surface area (Å²) in [6.45, 7) is 0. The monoisotopic (exact) mass is 268 g/mol. The lowest BCUT2D eigenvalue weighted by atomic mass is 10.0. The molecule has 0 spiro atoms. The highest BCUT2D eigenvalue weighted by molar-refractivity contribution is 5.57. The maximum Gasteiger partial charge on any atom is 0.119 e. The molecule has 0 aliphatic carbocycles. The van der Waals surface area contributed by atoms with Crippen molar-refractivity contribution in [3.8, 4) is 5.75 Å². The molecule has 0 aliphatic rings. The van der Waals surface area contributed by atoms with Crippen molar-refractivity contribution in [2.24, 2.45) is 5.84 Å². The van der Waals surface area contributed by atoms with Crippen LogP contribution in [0.2, 0.25) is 0 Å². The summed E-state index contributed by atoms with van der Waals surface area (Å²) in [4.78, 5) is 0. The largest absolute Gasteiger partial charge is 0.497 e. The standard InChI is InChI=1S/C15H16N4O/c1-20-12-6-4-5-11(9-12)15(18-16)13-10-17-19-8-3-2-7-14(13)19/h2-10,15,18H,16H2,1H3. The van der Waals surface area contributed by atoms with Crippen molar-refractivity contribution in [2.45, 2.75) is 6.04 Å². The topological polar surface area (TPSA) is 64.6 Å². The predicted molar refractivity (Wildman–Crippen MR) is 77.4 cm³/mol. The van der Waals surface area contributed by atoms with E-state index in [4.69, 9.17) is 10.6 Å². The van der Waals surface area contributed by atoms with Gasteiger partial charge in [0.15, 0.2) is 0 Å². The van der Waals surface area contributed by atoms with Gasteiger partial charge >= 0.3 is 0 Å². The molecule has 2 aromatic heterocycles. The molecular weight excluding hydrogens is 252 g/mol. The average molecular weight is 268 g/mol. The number of ether oxygens (including phenoxy) is 1. The quantitative estimate of drug-likeness (QED) is 0.560. The van der Waals surface area contributed by atoms with E-state index in [1.54, 1.807) is 7.11 Å². The lowest BCUT2D eigenvalue weighted by Gasteiger charge is -2.16. The number of hydrazine groups is 1. The van der Waals surface area contributed by atoms with Gasteiger partial charge in [-0.3, -0.25) is 5.84 Å². The molecule has 5 nitrogen and oxygen atoms in total. The van der Waals surface area contributed by atoms with Gasteiger partial charge in [0.1, 0.15) is 5.75 Å². The van der Waals surface area contributed by atoms with Crippen molar-refractivity contribution < 1.29 is 4.74 Å². The highest BCUT2D eigenvalue weighted by Gasteiger charge is 2.17. The molecule has 0 amide bonds. The zero-order valence-electron chi connectivity index (χ0n) is 11.2. The van der Waals surface area contributed by atoms with Crippen molar-refractivity contribution in [1.82, 2.24) is 15.0 Å². The van der Waals surface area contributed by atoms with Gasteiger partial charge in [-0.1, -0.05) is 18.2 Å². The summed E-state index contributed by atoms with van der Waals surface area (Å²) in [5.74, 6) is 6.56. The molecule has 1 aromatic carbocycles. The van der Waals surface area contributed by atoms with Crippen LogP contribution < -0.4 is 16.0 Å².